The highest BCUT2D eigenvalue weighted by Crippen LogP contribution is 2.32. The van der Waals surface area contributed by atoms with E-state index in [9.17, 15) is 9.59 Å². The molecule has 2 unspecified atom stereocenters. The first kappa shape index (κ1) is 18.1. The number of likely N-dealkylation sites (tertiary alicyclic amines) is 1. The number of nitrogens with zero attached hydrogens (tertiary/aromatic N) is 1. The number of rotatable bonds is 3. The fraction of sp³-hybridized carbons (Fsp3) is 0.545. The second kappa shape index (κ2) is 7.37. The molecule has 0 saturated carbocycles. The summed E-state index contributed by atoms with van der Waals surface area (Å²) >= 11 is 0. The van der Waals surface area contributed by atoms with Crippen molar-refractivity contribution in [1.29, 1.82) is 0 Å². The molecule has 1 aromatic heterocycles. The number of ether oxygens (including phenoxy) is 1. The van der Waals surface area contributed by atoms with E-state index in [0.29, 0.717) is 31.2 Å². The lowest BCUT2D eigenvalue weighted by molar-refractivity contribution is -0.149. The fourth-order valence-electron chi connectivity index (χ4n) is 4.52. The topological polar surface area (TPSA) is 62.4 Å². The van der Waals surface area contributed by atoms with Crippen LogP contribution in [0.4, 0.5) is 0 Å². The van der Waals surface area contributed by atoms with Crippen LogP contribution in [0, 0.1) is 11.8 Å². The molecule has 27 heavy (non-hydrogen) atoms. The monoisotopic (exact) mass is 368 g/mol. The van der Waals surface area contributed by atoms with E-state index in [2.05, 4.69) is 11.9 Å². The number of carbonyl (C=O) groups excluding carboxylic acids is 2. The Labute approximate surface area is 160 Å². The van der Waals surface area contributed by atoms with Crippen LogP contribution in [0.15, 0.2) is 18.2 Å². The number of fused-ring (bicyclic) bond motifs is 3. The number of amides is 1. The van der Waals surface area contributed by atoms with Crippen LogP contribution in [0.2, 0.25) is 0 Å². The van der Waals surface area contributed by atoms with Gasteiger partial charge in [-0.1, -0.05) is 6.92 Å². The van der Waals surface area contributed by atoms with E-state index in [-0.39, 0.29) is 17.8 Å². The third-order valence-corrected chi connectivity index (χ3v) is 6.01. The molecule has 1 aliphatic carbocycles. The van der Waals surface area contributed by atoms with E-state index in [1.807, 2.05) is 30.0 Å². The van der Waals surface area contributed by atoms with E-state index >= 15 is 0 Å². The number of hydrogen-bond acceptors (Lipinski definition) is 3. The van der Waals surface area contributed by atoms with Gasteiger partial charge in [0.15, 0.2) is 0 Å². The molecule has 2 heterocycles. The maximum absolute atomic E-state index is 13.1. The molecule has 1 N–H and O–H groups in total. The van der Waals surface area contributed by atoms with E-state index in [4.69, 9.17) is 4.74 Å². The number of hydrogen-bond donors (Lipinski definition) is 1. The lowest BCUT2D eigenvalue weighted by atomic mass is 9.87. The van der Waals surface area contributed by atoms with E-state index < -0.39 is 0 Å². The van der Waals surface area contributed by atoms with Crippen molar-refractivity contribution in [2.75, 3.05) is 19.7 Å². The summed E-state index contributed by atoms with van der Waals surface area (Å²) in [4.78, 5) is 30.5. The zero-order chi connectivity index (χ0) is 19.0. The van der Waals surface area contributed by atoms with Gasteiger partial charge in [-0.05, 0) is 68.7 Å². The SMILES string of the molecule is CCOC(=O)C1CCCN(C(=O)c2ccc3[nH]c4c(c3c2)CC(C)CC4)C1. The van der Waals surface area contributed by atoms with Gasteiger partial charge >= 0.3 is 5.97 Å². The van der Waals surface area contributed by atoms with Crippen LogP contribution in [-0.2, 0) is 22.4 Å². The lowest BCUT2D eigenvalue weighted by Gasteiger charge is -2.31. The maximum Gasteiger partial charge on any atom is 0.310 e. The third kappa shape index (κ3) is 3.47. The molecule has 1 aromatic carbocycles. The average molecular weight is 368 g/mol. The first-order valence-electron chi connectivity index (χ1n) is 10.2. The fourth-order valence-corrected chi connectivity index (χ4v) is 4.52. The molecule has 144 valence electrons. The summed E-state index contributed by atoms with van der Waals surface area (Å²) < 4.78 is 5.15. The van der Waals surface area contributed by atoms with Crippen LogP contribution >= 0.6 is 0 Å². The number of H-pyrrole nitrogens is 1. The van der Waals surface area contributed by atoms with Crippen LogP contribution < -0.4 is 0 Å². The predicted molar refractivity (Wildman–Crippen MR) is 105 cm³/mol. The molecular formula is C22H28N2O3. The van der Waals surface area contributed by atoms with Crippen molar-refractivity contribution in [2.24, 2.45) is 11.8 Å². The summed E-state index contributed by atoms with van der Waals surface area (Å²) in [5.74, 6) is 0.319. The Morgan fingerprint density at radius 3 is 2.96 bits per heavy atom. The van der Waals surface area contributed by atoms with Gasteiger partial charge in [-0.3, -0.25) is 9.59 Å². The molecule has 2 atom stereocenters. The zero-order valence-electron chi connectivity index (χ0n) is 16.2. The Balaban J connectivity index is 1.57. The van der Waals surface area contributed by atoms with Gasteiger partial charge in [0.2, 0.25) is 0 Å². The summed E-state index contributed by atoms with van der Waals surface area (Å²) in [5, 5.41) is 1.18. The second-order valence-electron chi connectivity index (χ2n) is 8.03. The van der Waals surface area contributed by atoms with E-state index in [0.717, 1.165) is 31.2 Å². The molecule has 1 amide bonds. The van der Waals surface area contributed by atoms with Crippen molar-refractivity contribution in [3.05, 3.63) is 35.0 Å². The molecule has 5 heteroatoms. The van der Waals surface area contributed by atoms with Gasteiger partial charge in [-0.15, -0.1) is 0 Å². The summed E-state index contributed by atoms with van der Waals surface area (Å²) in [6.07, 6.45) is 5.01. The number of nitrogens with one attached hydrogen (secondary N) is 1. The van der Waals surface area contributed by atoms with Crippen molar-refractivity contribution in [1.82, 2.24) is 9.88 Å². The second-order valence-corrected chi connectivity index (χ2v) is 8.03. The van der Waals surface area contributed by atoms with Crippen LogP contribution in [0.25, 0.3) is 10.9 Å². The van der Waals surface area contributed by atoms with E-state index in [1.165, 1.54) is 23.1 Å². The first-order chi connectivity index (χ1) is 13.1. The summed E-state index contributed by atoms with van der Waals surface area (Å²) in [6, 6.07) is 5.97. The number of carbonyl (C=O) groups is 2. The zero-order valence-corrected chi connectivity index (χ0v) is 16.2. The number of piperidine rings is 1. The molecule has 5 nitrogen and oxygen atoms in total. The normalized spacial score (nSPS) is 22.5. The Hall–Kier alpha value is -2.30. The maximum atomic E-state index is 13.1. The van der Waals surface area contributed by atoms with Crippen molar-refractivity contribution < 1.29 is 14.3 Å². The van der Waals surface area contributed by atoms with Crippen LogP contribution in [0.5, 0.6) is 0 Å². The summed E-state index contributed by atoms with van der Waals surface area (Å²) in [7, 11) is 0. The number of aromatic amines is 1. The highest BCUT2D eigenvalue weighted by molar-refractivity contribution is 5.99. The van der Waals surface area contributed by atoms with Gasteiger partial charge in [0.25, 0.3) is 5.91 Å². The Kier molecular flexibility index (Phi) is 4.94. The summed E-state index contributed by atoms with van der Waals surface area (Å²) in [5.41, 5.74) is 4.54. The molecule has 0 spiro atoms. The standard InChI is InChI=1S/C22H28N2O3/c1-3-27-22(26)16-5-4-10-24(13-16)21(25)15-7-9-20-18(12-15)17-11-14(2)6-8-19(17)23-20/h7,9,12,14,16,23H,3-6,8,10-11,13H2,1-2H3. The average Bonchev–Trinajstić information content (AvgIpc) is 3.05. The molecule has 1 aliphatic heterocycles. The van der Waals surface area contributed by atoms with Crippen molar-refractivity contribution in [3.8, 4) is 0 Å². The molecule has 2 aliphatic rings. The third-order valence-electron chi connectivity index (χ3n) is 6.01. The molecule has 0 bridgehead atoms. The van der Waals surface area contributed by atoms with Gasteiger partial charge in [-0.2, -0.15) is 0 Å². The van der Waals surface area contributed by atoms with Gasteiger partial charge in [0.1, 0.15) is 0 Å². The smallest absolute Gasteiger partial charge is 0.310 e. The van der Waals surface area contributed by atoms with Gasteiger partial charge in [0, 0.05) is 35.2 Å². The highest BCUT2D eigenvalue weighted by atomic mass is 16.5. The molecule has 1 saturated heterocycles. The number of aromatic nitrogens is 1. The Bertz CT molecular complexity index is 870. The number of aryl methyl sites for hydroxylation is 1. The molecule has 2 aromatic rings. The number of esters is 1. The quantitative estimate of drug-likeness (QED) is 0.840. The highest BCUT2D eigenvalue weighted by Gasteiger charge is 2.30. The van der Waals surface area contributed by atoms with Crippen LogP contribution in [0.3, 0.4) is 0 Å². The Morgan fingerprint density at radius 1 is 1.30 bits per heavy atom. The molecule has 4 rings (SSSR count). The van der Waals surface area contributed by atoms with Crippen molar-refractivity contribution >= 4 is 22.8 Å². The number of benzene rings is 1. The minimum absolute atomic E-state index is 0.0182. The minimum Gasteiger partial charge on any atom is -0.466 e. The molecule has 1 fully saturated rings. The molecular weight excluding hydrogens is 340 g/mol. The van der Waals surface area contributed by atoms with Gasteiger partial charge in [0.05, 0.1) is 12.5 Å². The summed E-state index contributed by atoms with van der Waals surface area (Å²) in [6.45, 7) is 5.65. The lowest BCUT2D eigenvalue weighted by Crippen LogP contribution is -2.42. The van der Waals surface area contributed by atoms with Crippen LogP contribution in [0.1, 0.15) is 54.7 Å². The van der Waals surface area contributed by atoms with E-state index in [1.54, 1.807) is 0 Å². The van der Waals surface area contributed by atoms with Gasteiger partial charge in [-0.25, -0.2) is 0 Å². The Morgan fingerprint density at radius 2 is 2.15 bits per heavy atom. The first-order valence-corrected chi connectivity index (χ1v) is 10.2. The largest absolute Gasteiger partial charge is 0.466 e. The van der Waals surface area contributed by atoms with Gasteiger partial charge < -0.3 is 14.6 Å². The molecule has 0 radical (unpaired) electrons. The minimum atomic E-state index is -0.202. The van der Waals surface area contributed by atoms with Crippen LogP contribution in [-0.4, -0.2) is 41.5 Å². The predicted octanol–water partition coefficient (Wildman–Crippen LogP) is 3.71. The van der Waals surface area contributed by atoms with Crippen molar-refractivity contribution in [3.63, 3.8) is 0 Å². The van der Waals surface area contributed by atoms with Crippen molar-refractivity contribution in [2.45, 2.75) is 46.0 Å².